The van der Waals surface area contributed by atoms with Gasteiger partial charge < -0.3 is 10.2 Å². The quantitative estimate of drug-likeness (QED) is 0.548. The van der Waals surface area contributed by atoms with Crippen molar-refractivity contribution in [2.45, 2.75) is 70.8 Å². The number of benzene rings is 1. The van der Waals surface area contributed by atoms with Crippen molar-refractivity contribution in [2.24, 2.45) is 5.92 Å². The van der Waals surface area contributed by atoms with Crippen molar-refractivity contribution in [3.63, 3.8) is 0 Å². The first-order valence-electron chi connectivity index (χ1n) is 12.7. The Balaban J connectivity index is 1.47. The van der Waals surface area contributed by atoms with Gasteiger partial charge in [-0.25, -0.2) is 17.8 Å². The highest BCUT2D eigenvalue weighted by Gasteiger charge is 2.46. The lowest BCUT2D eigenvalue weighted by molar-refractivity contribution is -0.123. The number of anilines is 2. The van der Waals surface area contributed by atoms with Crippen molar-refractivity contribution in [3.8, 4) is 0 Å². The van der Waals surface area contributed by atoms with E-state index in [9.17, 15) is 17.6 Å². The van der Waals surface area contributed by atoms with Crippen LogP contribution in [0.5, 0.6) is 0 Å². The summed E-state index contributed by atoms with van der Waals surface area (Å²) < 4.78 is 39.4. The highest BCUT2D eigenvalue weighted by Crippen LogP contribution is 2.51. The second kappa shape index (κ2) is 10.00. The number of rotatable bonds is 7. The molecule has 1 aromatic heterocycles. The van der Waals surface area contributed by atoms with Crippen molar-refractivity contribution >= 4 is 27.4 Å². The fraction of sp³-hybridized carbons (Fsp3) is 0.556. The molecule has 1 aliphatic heterocycles. The fourth-order valence-electron chi connectivity index (χ4n) is 4.84. The molecule has 1 saturated heterocycles. The molecule has 1 amide bonds. The SMILES string of the molecule is C[C@@H](NC(=O)C1CC1c1ccc(C(C)(C)C)nc1N1CCCCC1)c1ccc(NS(C)(=O)=O)c(F)c1. The van der Waals surface area contributed by atoms with Gasteiger partial charge in [0.05, 0.1) is 18.0 Å². The molecule has 36 heavy (non-hydrogen) atoms. The van der Waals surface area contributed by atoms with E-state index in [1.54, 1.807) is 13.0 Å². The predicted molar refractivity (Wildman–Crippen MR) is 141 cm³/mol. The second-order valence-electron chi connectivity index (χ2n) is 11.2. The Bertz CT molecular complexity index is 1240. The molecule has 7 nitrogen and oxygen atoms in total. The fourth-order valence-corrected chi connectivity index (χ4v) is 5.41. The number of hydrogen-bond donors (Lipinski definition) is 2. The Kier molecular flexibility index (Phi) is 7.33. The van der Waals surface area contributed by atoms with Crippen LogP contribution in [0.3, 0.4) is 0 Å². The lowest BCUT2D eigenvalue weighted by Crippen LogP contribution is -2.32. The van der Waals surface area contributed by atoms with Gasteiger partial charge in [0.1, 0.15) is 11.6 Å². The van der Waals surface area contributed by atoms with Crippen molar-refractivity contribution in [3.05, 3.63) is 53.0 Å². The van der Waals surface area contributed by atoms with Crippen LogP contribution in [-0.4, -0.2) is 38.7 Å². The number of hydrogen-bond acceptors (Lipinski definition) is 5. The smallest absolute Gasteiger partial charge is 0.229 e. The van der Waals surface area contributed by atoms with Gasteiger partial charge in [0.2, 0.25) is 15.9 Å². The van der Waals surface area contributed by atoms with Crippen LogP contribution >= 0.6 is 0 Å². The molecular weight excluding hydrogens is 479 g/mol. The highest BCUT2D eigenvalue weighted by molar-refractivity contribution is 7.92. The molecule has 1 aliphatic carbocycles. The number of piperidine rings is 1. The minimum Gasteiger partial charge on any atom is -0.356 e. The maximum Gasteiger partial charge on any atom is 0.229 e. The summed E-state index contributed by atoms with van der Waals surface area (Å²) >= 11 is 0. The van der Waals surface area contributed by atoms with E-state index < -0.39 is 21.9 Å². The van der Waals surface area contributed by atoms with Gasteiger partial charge in [0.25, 0.3) is 0 Å². The average Bonchev–Trinajstić information content (AvgIpc) is 3.60. The van der Waals surface area contributed by atoms with Gasteiger partial charge in [0, 0.05) is 30.1 Å². The first-order chi connectivity index (χ1) is 16.8. The lowest BCUT2D eigenvalue weighted by Gasteiger charge is -2.31. The van der Waals surface area contributed by atoms with Crippen LogP contribution in [-0.2, 0) is 20.2 Å². The predicted octanol–water partition coefficient (Wildman–Crippen LogP) is 4.86. The number of nitrogens with zero attached hydrogens (tertiary/aromatic N) is 2. The van der Waals surface area contributed by atoms with E-state index in [4.69, 9.17) is 4.98 Å². The van der Waals surface area contributed by atoms with Crippen molar-refractivity contribution < 1.29 is 17.6 Å². The minimum absolute atomic E-state index is 0.0551. The monoisotopic (exact) mass is 516 g/mol. The zero-order valence-electron chi connectivity index (χ0n) is 21.8. The van der Waals surface area contributed by atoms with E-state index in [1.807, 2.05) is 0 Å². The van der Waals surface area contributed by atoms with E-state index in [0.717, 1.165) is 55.7 Å². The molecule has 1 saturated carbocycles. The van der Waals surface area contributed by atoms with Crippen LogP contribution in [0.15, 0.2) is 30.3 Å². The van der Waals surface area contributed by atoms with E-state index >= 15 is 0 Å². The van der Waals surface area contributed by atoms with Crippen molar-refractivity contribution in [1.29, 1.82) is 0 Å². The molecule has 0 bridgehead atoms. The Morgan fingerprint density at radius 2 is 1.83 bits per heavy atom. The Morgan fingerprint density at radius 1 is 1.14 bits per heavy atom. The number of carbonyl (C=O) groups excluding carboxylic acids is 1. The van der Waals surface area contributed by atoms with Gasteiger partial charge in [0.15, 0.2) is 0 Å². The summed E-state index contributed by atoms with van der Waals surface area (Å²) in [5.41, 5.74) is 2.60. The molecule has 2 N–H and O–H groups in total. The van der Waals surface area contributed by atoms with Gasteiger partial charge in [-0.3, -0.25) is 9.52 Å². The third-order valence-electron chi connectivity index (χ3n) is 7.00. The number of carbonyl (C=O) groups is 1. The first kappa shape index (κ1) is 26.4. The molecule has 2 fully saturated rings. The van der Waals surface area contributed by atoms with E-state index in [1.165, 1.54) is 18.6 Å². The van der Waals surface area contributed by atoms with Crippen LogP contribution in [0.2, 0.25) is 0 Å². The molecule has 2 aliphatic rings. The zero-order chi connectivity index (χ0) is 26.3. The normalized spacial score (nSPS) is 21.1. The van der Waals surface area contributed by atoms with E-state index in [-0.39, 0.29) is 28.8 Å². The number of aromatic nitrogens is 1. The van der Waals surface area contributed by atoms with Crippen LogP contribution in [0, 0.1) is 11.7 Å². The summed E-state index contributed by atoms with van der Waals surface area (Å²) in [6.45, 7) is 10.3. The van der Waals surface area contributed by atoms with Crippen LogP contribution in [0.4, 0.5) is 15.9 Å². The third-order valence-corrected chi connectivity index (χ3v) is 7.59. The van der Waals surface area contributed by atoms with Crippen molar-refractivity contribution in [1.82, 2.24) is 10.3 Å². The summed E-state index contributed by atoms with van der Waals surface area (Å²) in [7, 11) is -3.58. The van der Waals surface area contributed by atoms with Gasteiger partial charge in [-0.05, 0) is 67.9 Å². The molecule has 3 atom stereocenters. The maximum atomic E-state index is 14.4. The molecule has 4 rings (SSSR count). The number of halogens is 1. The zero-order valence-corrected chi connectivity index (χ0v) is 22.6. The van der Waals surface area contributed by atoms with E-state index in [0.29, 0.717) is 5.56 Å². The lowest BCUT2D eigenvalue weighted by atomic mass is 9.91. The summed E-state index contributed by atoms with van der Waals surface area (Å²) in [4.78, 5) is 20.5. The standard InChI is InChI=1S/C27H37FN4O3S/c1-17(18-9-11-23(22(28)15-18)31-36(5,34)35)29-26(33)21-16-20(21)19-10-12-24(27(2,3)4)30-25(19)32-13-7-6-8-14-32/h9-12,15,17,20-21,31H,6-8,13-14,16H2,1-5H3,(H,29,33)/t17-,20?,21?/m1/s1. The van der Waals surface area contributed by atoms with E-state index in [2.05, 4.69) is 47.8 Å². The van der Waals surface area contributed by atoms with Crippen LogP contribution in [0.25, 0.3) is 0 Å². The van der Waals surface area contributed by atoms with Gasteiger partial charge in [-0.2, -0.15) is 0 Å². The minimum atomic E-state index is -3.58. The molecule has 196 valence electrons. The largest absolute Gasteiger partial charge is 0.356 e. The Hall–Kier alpha value is -2.68. The Morgan fingerprint density at radius 3 is 2.44 bits per heavy atom. The Labute approximate surface area is 213 Å². The maximum absolute atomic E-state index is 14.4. The third kappa shape index (κ3) is 6.17. The molecular formula is C27H37FN4O3S. The van der Waals surface area contributed by atoms with Gasteiger partial charge in [-0.15, -0.1) is 0 Å². The average molecular weight is 517 g/mol. The molecule has 2 aromatic rings. The number of amides is 1. The second-order valence-corrected chi connectivity index (χ2v) is 12.9. The van der Waals surface area contributed by atoms with Gasteiger partial charge >= 0.3 is 0 Å². The summed E-state index contributed by atoms with van der Waals surface area (Å²) in [5, 5.41) is 3.01. The van der Waals surface area contributed by atoms with Crippen LogP contribution in [0.1, 0.15) is 82.2 Å². The van der Waals surface area contributed by atoms with Crippen molar-refractivity contribution in [2.75, 3.05) is 29.0 Å². The number of nitrogens with one attached hydrogen (secondary N) is 2. The topological polar surface area (TPSA) is 91.4 Å². The highest BCUT2D eigenvalue weighted by atomic mass is 32.2. The molecule has 0 spiro atoms. The number of pyridine rings is 1. The molecule has 2 unspecified atom stereocenters. The summed E-state index contributed by atoms with van der Waals surface area (Å²) in [5.74, 6) is 0.254. The molecule has 1 aromatic carbocycles. The number of sulfonamides is 1. The first-order valence-corrected chi connectivity index (χ1v) is 14.6. The van der Waals surface area contributed by atoms with Gasteiger partial charge in [-0.1, -0.05) is 32.9 Å². The van der Waals surface area contributed by atoms with Crippen LogP contribution < -0.4 is 14.9 Å². The summed E-state index contributed by atoms with van der Waals surface area (Å²) in [6, 6.07) is 8.09. The summed E-state index contributed by atoms with van der Waals surface area (Å²) in [6.07, 6.45) is 5.28. The molecule has 0 radical (unpaired) electrons. The molecule has 9 heteroatoms. The molecule has 2 heterocycles.